The van der Waals surface area contributed by atoms with Gasteiger partial charge in [-0.15, -0.1) is 0 Å². The number of nitrogens with one attached hydrogen (secondary N) is 1. The van der Waals surface area contributed by atoms with Crippen LogP contribution in [0, 0.1) is 11.7 Å². The lowest BCUT2D eigenvalue weighted by atomic mass is 10.0. The van der Waals surface area contributed by atoms with Crippen molar-refractivity contribution in [3.8, 4) is 17.1 Å². The molecule has 1 fully saturated rings. The third kappa shape index (κ3) is 8.61. The standard InChI is InChI=1S/C28H39F4N5O4Si/c1-18(16-38)14-33-25-21-15-34-37(24-7-5-6-8-40-24)27(21)36-26(35-25)20-12-22(29)23(11-19(20)13-28(30,31)32)41-17-39-9-10-42(2,3)4/h11-12,15,18,24,38H,5-10,13-14,16-17H2,1-4H3,(H,33,35,36). The molecule has 0 bridgehead atoms. The van der Waals surface area contributed by atoms with Crippen LogP contribution in [0.4, 0.5) is 23.4 Å². The molecule has 0 radical (unpaired) electrons. The number of halogens is 4. The minimum Gasteiger partial charge on any atom is -0.464 e. The van der Waals surface area contributed by atoms with Gasteiger partial charge in [-0.05, 0) is 48.9 Å². The van der Waals surface area contributed by atoms with E-state index in [2.05, 4.69) is 40.0 Å². The van der Waals surface area contributed by atoms with E-state index in [1.807, 2.05) is 6.92 Å². The summed E-state index contributed by atoms with van der Waals surface area (Å²) in [5, 5.41) is 17.6. The molecule has 0 saturated carbocycles. The van der Waals surface area contributed by atoms with Crippen LogP contribution >= 0.6 is 0 Å². The first kappa shape index (κ1) is 32.1. The largest absolute Gasteiger partial charge is 0.464 e. The fourth-order valence-electron chi connectivity index (χ4n) is 4.46. The Kier molecular flexibility index (Phi) is 10.4. The summed E-state index contributed by atoms with van der Waals surface area (Å²) in [6.07, 6.45) is -2.22. The molecule has 2 aromatic heterocycles. The van der Waals surface area contributed by atoms with Gasteiger partial charge in [0.25, 0.3) is 0 Å². The average molecular weight is 614 g/mol. The molecule has 1 saturated heterocycles. The smallest absolute Gasteiger partial charge is 0.393 e. The second kappa shape index (κ2) is 13.7. The van der Waals surface area contributed by atoms with Crippen LogP contribution in [0.15, 0.2) is 18.3 Å². The van der Waals surface area contributed by atoms with Crippen LogP contribution in [0.25, 0.3) is 22.4 Å². The highest BCUT2D eigenvalue weighted by Gasteiger charge is 2.31. The summed E-state index contributed by atoms with van der Waals surface area (Å²) in [4.78, 5) is 9.10. The van der Waals surface area contributed by atoms with Gasteiger partial charge in [-0.2, -0.15) is 18.3 Å². The third-order valence-corrected chi connectivity index (χ3v) is 8.60. The zero-order valence-electron chi connectivity index (χ0n) is 24.4. The van der Waals surface area contributed by atoms with E-state index >= 15 is 4.39 Å². The van der Waals surface area contributed by atoms with Crippen molar-refractivity contribution in [3.05, 3.63) is 29.7 Å². The van der Waals surface area contributed by atoms with Gasteiger partial charge in [0.1, 0.15) is 5.82 Å². The number of aliphatic hydroxyl groups is 1. The summed E-state index contributed by atoms with van der Waals surface area (Å²) in [5.74, 6) is -1.12. The Morgan fingerprint density at radius 3 is 2.67 bits per heavy atom. The monoisotopic (exact) mass is 613 g/mol. The molecule has 1 aromatic carbocycles. The molecule has 3 aromatic rings. The van der Waals surface area contributed by atoms with E-state index in [9.17, 15) is 18.3 Å². The average Bonchev–Trinajstić information content (AvgIpc) is 3.36. The van der Waals surface area contributed by atoms with E-state index in [0.29, 0.717) is 43.0 Å². The number of alkyl halides is 3. The van der Waals surface area contributed by atoms with Crippen LogP contribution in [-0.2, 0) is 15.9 Å². The molecule has 2 unspecified atom stereocenters. The second-order valence-electron chi connectivity index (χ2n) is 11.9. The number of ether oxygens (including phenoxy) is 3. The van der Waals surface area contributed by atoms with E-state index in [1.54, 1.807) is 10.9 Å². The van der Waals surface area contributed by atoms with Crippen molar-refractivity contribution in [2.45, 2.75) is 70.7 Å². The number of anilines is 1. The van der Waals surface area contributed by atoms with Crippen LogP contribution < -0.4 is 10.1 Å². The van der Waals surface area contributed by atoms with Crippen molar-refractivity contribution < 1.29 is 36.9 Å². The molecule has 1 aliphatic heterocycles. The van der Waals surface area contributed by atoms with Crippen molar-refractivity contribution in [3.63, 3.8) is 0 Å². The Hall–Kier alpha value is -2.81. The third-order valence-electron chi connectivity index (χ3n) is 6.90. The summed E-state index contributed by atoms with van der Waals surface area (Å²) >= 11 is 0. The van der Waals surface area contributed by atoms with Crippen molar-refractivity contribution in [2.75, 3.05) is 38.5 Å². The SMILES string of the molecule is CC(CO)CNc1nc(-c2cc(F)c(OCOCC[Si](C)(C)C)cc2CC(F)(F)F)nc2c1cnn2C1CCCCO1. The fraction of sp³-hybridized carbons (Fsp3) is 0.607. The number of hydrogen-bond acceptors (Lipinski definition) is 8. The van der Waals surface area contributed by atoms with Crippen molar-refractivity contribution in [2.24, 2.45) is 5.92 Å². The number of fused-ring (bicyclic) bond motifs is 1. The Labute approximate surface area is 243 Å². The Morgan fingerprint density at radius 1 is 1.21 bits per heavy atom. The van der Waals surface area contributed by atoms with E-state index in [1.165, 1.54) is 0 Å². The quantitative estimate of drug-likeness (QED) is 0.102. The molecule has 0 spiro atoms. The van der Waals surface area contributed by atoms with Crippen LogP contribution in [0.3, 0.4) is 0 Å². The summed E-state index contributed by atoms with van der Waals surface area (Å²) < 4.78 is 74.7. The first-order valence-corrected chi connectivity index (χ1v) is 17.9. The minimum atomic E-state index is -4.59. The van der Waals surface area contributed by atoms with E-state index in [4.69, 9.17) is 14.2 Å². The number of hydrogen-bond donors (Lipinski definition) is 2. The van der Waals surface area contributed by atoms with Crippen molar-refractivity contribution in [1.29, 1.82) is 0 Å². The molecule has 42 heavy (non-hydrogen) atoms. The fourth-order valence-corrected chi connectivity index (χ4v) is 5.22. The van der Waals surface area contributed by atoms with Crippen LogP contribution in [-0.4, -0.2) is 72.3 Å². The highest BCUT2D eigenvalue weighted by Crippen LogP contribution is 2.36. The highest BCUT2D eigenvalue weighted by molar-refractivity contribution is 6.76. The second-order valence-corrected chi connectivity index (χ2v) is 17.5. The predicted octanol–water partition coefficient (Wildman–Crippen LogP) is 6.17. The van der Waals surface area contributed by atoms with Gasteiger partial charge in [-0.3, -0.25) is 0 Å². The molecular weight excluding hydrogens is 574 g/mol. The van der Waals surface area contributed by atoms with E-state index in [-0.39, 0.29) is 42.0 Å². The van der Waals surface area contributed by atoms with Gasteiger partial charge in [0.2, 0.25) is 0 Å². The first-order chi connectivity index (χ1) is 19.8. The van der Waals surface area contributed by atoms with Gasteiger partial charge in [0.05, 0.1) is 18.0 Å². The Morgan fingerprint density at radius 2 is 2.00 bits per heavy atom. The maximum absolute atomic E-state index is 15.3. The predicted molar refractivity (Wildman–Crippen MR) is 154 cm³/mol. The van der Waals surface area contributed by atoms with E-state index < -0.39 is 32.7 Å². The molecule has 0 amide bonds. The Balaban J connectivity index is 1.74. The number of rotatable bonds is 13. The summed E-state index contributed by atoms with van der Waals surface area (Å²) in [6.45, 7) is 9.32. The number of aliphatic hydroxyl groups excluding tert-OH is 1. The normalized spacial score (nSPS) is 17.0. The van der Waals surface area contributed by atoms with Gasteiger partial charge in [-0.25, -0.2) is 19.0 Å². The molecule has 9 nitrogen and oxygen atoms in total. The van der Waals surface area contributed by atoms with E-state index in [0.717, 1.165) is 31.0 Å². The molecule has 232 valence electrons. The molecule has 3 heterocycles. The molecule has 2 atom stereocenters. The molecular formula is C28H39F4N5O4Si. The maximum atomic E-state index is 15.3. The zero-order chi connectivity index (χ0) is 30.5. The van der Waals surface area contributed by atoms with Crippen LogP contribution in [0.2, 0.25) is 25.7 Å². The minimum absolute atomic E-state index is 0.0759. The van der Waals surface area contributed by atoms with Crippen molar-refractivity contribution in [1.82, 2.24) is 19.7 Å². The van der Waals surface area contributed by atoms with Gasteiger partial charge in [0.15, 0.2) is 36.1 Å². The number of aromatic nitrogens is 4. The number of nitrogens with zero attached hydrogens (tertiary/aromatic N) is 4. The molecule has 4 rings (SSSR count). The molecule has 1 aliphatic rings. The summed E-state index contributed by atoms with van der Waals surface area (Å²) in [5.41, 5.74) is -0.00940. The molecule has 0 aliphatic carbocycles. The summed E-state index contributed by atoms with van der Waals surface area (Å²) in [6, 6.07) is 2.88. The van der Waals surface area contributed by atoms with Gasteiger partial charge in [-0.1, -0.05) is 26.6 Å². The lowest BCUT2D eigenvalue weighted by molar-refractivity contribution is -0.127. The van der Waals surface area contributed by atoms with Gasteiger partial charge >= 0.3 is 6.18 Å². The molecule has 2 N–H and O–H groups in total. The maximum Gasteiger partial charge on any atom is 0.393 e. The van der Waals surface area contributed by atoms with Crippen molar-refractivity contribution >= 4 is 24.9 Å². The Bertz CT molecular complexity index is 1340. The zero-order valence-corrected chi connectivity index (χ0v) is 25.4. The van der Waals surface area contributed by atoms with Gasteiger partial charge in [0, 0.05) is 40.0 Å². The van der Waals surface area contributed by atoms with Gasteiger partial charge < -0.3 is 24.6 Å². The topological polar surface area (TPSA) is 104 Å². The number of benzene rings is 1. The molecule has 14 heteroatoms. The van der Waals surface area contributed by atoms with Crippen LogP contribution in [0.1, 0.15) is 38.0 Å². The van der Waals surface area contributed by atoms with Crippen LogP contribution in [0.5, 0.6) is 5.75 Å². The lowest BCUT2D eigenvalue weighted by Crippen LogP contribution is -2.22. The summed E-state index contributed by atoms with van der Waals surface area (Å²) in [7, 11) is -1.35. The first-order valence-electron chi connectivity index (χ1n) is 14.2. The highest BCUT2D eigenvalue weighted by atomic mass is 28.3. The lowest BCUT2D eigenvalue weighted by Gasteiger charge is -2.23.